The van der Waals surface area contributed by atoms with Crippen molar-refractivity contribution < 1.29 is 9.53 Å². The van der Waals surface area contributed by atoms with Crippen molar-refractivity contribution in [1.29, 1.82) is 5.26 Å². The minimum absolute atomic E-state index is 0.0237. The fourth-order valence-electron chi connectivity index (χ4n) is 4.67. The second-order valence-corrected chi connectivity index (χ2v) is 9.22. The molecule has 0 bridgehead atoms. The van der Waals surface area contributed by atoms with Crippen molar-refractivity contribution in [3.8, 4) is 6.07 Å². The Hall–Kier alpha value is -2.59. The zero-order valence-corrected chi connectivity index (χ0v) is 19.3. The highest BCUT2D eigenvalue weighted by atomic mass is 32.2. The van der Waals surface area contributed by atoms with Crippen LogP contribution in [0, 0.1) is 11.3 Å². The van der Waals surface area contributed by atoms with E-state index in [0.29, 0.717) is 12.1 Å². The third-order valence-electron chi connectivity index (χ3n) is 6.17. The molecule has 0 aromatic heterocycles. The number of ether oxygens (including phenoxy) is 1. The van der Waals surface area contributed by atoms with E-state index >= 15 is 0 Å². The van der Waals surface area contributed by atoms with E-state index in [1.165, 1.54) is 0 Å². The largest absolute Gasteiger partial charge is 0.379 e. The molecule has 6 heteroatoms. The minimum atomic E-state index is -1.10. The molecule has 2 aliphatic rings. The highest BCUT2D eigenvalue weighted by Gasteiger charge is 2.55. The molecule has 32 heavy (non-hydrogen) atoms. The number of hydrogen-bond donors (Lipinski definition) is 0. The van der Waals surface area contributed by atoms with Crippen molar-refractivity contribution in [1.82, 2.24) is 9.80 Å². The van der Waals surface area contributed by atoms with Gasteiger partial charge < -0.3 is 9.64 Å². The van der Waals surface area contributed by atoms with E-state index in [4.69, 9.17) is 4.74 Å². The molecule has 0 atom stereocenters. The van der Waals surface area contributed by atoms with Gasteiger partial charge in [-0.15, -0.1) is 11.8 Å². The number of rotatable bonds is 8. The summed E-state index contributed by atoms with van der Waals surface area (Å²) in [6.07, 6.45) is 0.859. The monoisotopic (exact) mass is 447 g/mol. The van der Waals surface area contributed by atoms with E-state index in [1.54, 1.807) is 11.8 Å². The van der Waals surface area contributed by atoms with Gasteiger partial charge in [0.1, 0.15) is 5.41 Å². The molecule has 0 N–H and O–H groups in total. The van der Waals surface area contributed by atoms with Crippen LogP contribution in [-0.4, -0.2) is 60.9 Å². The van der Waals surface area contributed by atoms with Gasteiger partial charge in [-0.3, -0.25) is 9.69 Å². The van der Waals surface area contributed by atoms with Crippen molar-refractivity contribution in [2.24, 2.45) is 0 Å². The molecule has 4 rings (SSSR count). The summed E-state index contributed by atoms with van der Waals surface area (Å²) in [5.41, 5.74) is 1.13. The normalized spacial score (nSPS) is 18.8. The first-order valence-electron chi connectivity index (χ1n) is 11.2. The van der Waals surface area contributed by atoms with Gasteiger partial charge in [0.05, 0.1) is 29.9 Å². The van der Waals surface area contributed by atoms with Gasteiger partial charge in [-0.05, 0) is 23.3 Å². The second kappa shape index (κ2) is 10.4. The summed E-state index contributed by atoms with van der Waals surface area (Å²) in [7, 11) is 0. The first-order valence-corrected chi connectivity index (χ1v) is 12.2. The van der Waals surface area contributed by atoms with Crippen molar-refractivity contribution in [3.05, 3.63) is 82.4 Å². The molecule has 0 unspecified atom stereocenters. The van der Waals surface area contributed by atoms with Gasteiger partial charge in [0.25, 0.3) is 0 Å². The SMILES string of the molecule is CCSC1=C(C#N)C(c2ccccc2)(c2ccccc2)C(=O)N1CCCN1CCOCC1. The van der Waals surface area contributed by atoms with Crippen LogP contribution < -0.4 is 0 Å². The van der Waals surface area contributed by atoms with E-state index in [0.717, 1.165) is 61.2 Å². The van der Waals surface area contributed by atoms with E-state index in [2.05, 4.69) is 17.9 Å². The summed E-state index contributed by atoms with van der Waals surface area (Å²) in [6, 6.07) is 22.0. The molecule has 2 aliphatic heterocycles. The molecule has 1 fully saturated rings. The molecular weight excluding hydrogens is 418 g/mol. The van der Waals surface area contributed by atoms with Gasteiger partial charge in [0.15, 0.2) is 0 Å². The Morgan fingerprint density at radius 2 is 1.59 bits per heavy atom. The number of nitrogens with zero attached hydrogens (tertiary/aromatic N) is 3. The molecular formula is C26H29N3O2S. The van der Waals surface area contributed by atoms with Crippen LogP contribution in [-0.2, 0) is 14.9 Å². The average Bonchev–Trinajstić information content (AvgIpc) is 3.09. The summed E-state index contributed by atoms with van der Waals surface area (Å²) in [5, 5.41) is 11.2. The topological polar surface area (TPSA) is 56.6 Å². The van der Waals surface area contributed by atoms with Crippen LogP contribution >= 0.6 is 11.8 Å². The predicted octanol–water partition coefficient (Wildman–Crippen LogP) is 4.03. The lowest BCUT2D eigenvalue weighted by atomic mass is 9.70. The molecule has 2 aromatic carbocycles. The van der Waals surface area contributed by atoms with Gasteiger partial charge in [-0.2, -0.15) is 5.26 Å². The van der Waals surface area contributed by atoms with Crippen LogP contribution in [0.1, 0.15) is 24.5 Å². The van der Waals surface area contributed by atoms with Crippen molar-refractivity contribution in [2.75, 3.05) is 45.1 Å². The highest BCUT2D eigenvalue weighted by molar-refractivity contribution is 8.03. The molecule has 2 aromatic rings. The smallest absolute Gasteiger partial charge is 0.247 e. The van der Waals surface area contributed by atoms with Gasteiger partial charge in [-0.1, -0.05) is 67.6 Å². The van der Waals surface area contributed by atoms with Crippen LogP contribution in [0.5, 0.6) is 0 Å². The molecule has 1 amide bonds. The van der Waals surface area contributed by atoms with E-state index in [1.807, 2.05) is 65.6 Å². The lowest BCUT2D eigenvalue weighted by Crippen LogP contribution is -2.43. The highest BCUT2D eigenvalue weighted by Crippen LogP contribution is 2.50. The van der Waals surface area contributed by atoms with Gasteiger partial charge in [0.2, 0.25) is 5.91 Å². The third kappa shape index (κ3) is 4.09. The fourth-order valence-corrected chi connectivity index (χ4v) is 5.62. The molecule has 0 spiro atoms. The zero-order valence-electron chi connectivity index (χ0n) is 18.5. The van der Waals surface area contributed by atoms with Crippen LogP contribution in [0.2, 0.25) is 0 Å². The van der Waals surface area contributed by atoms with Crippen molar-refractivity contribution in [3.63, 3.8) is 0 Å². The van der Waals surface area contributed by atoms with Crippen molar-refractivity contribution in [2.45, 2.75) is 18.8 Å². The molecule has 0 aliphatic carbocycles. The Balaban J connectivity index is 1.74. The van der Waals surface area contributed by atoms with Crippen LogP contribution in [0.3, 0.4) is 0 Å². The summed E-state index contributed by atoms with van der Waals surface area (Å²) < 4.78 is 5.45. The van der Waals surface area contributed by atoms with E-state index < -0.39 is 5.41 Å². The van der Waals surface area contributed by atoms with Crippen molar-refractivity contribution >= 4 is 17.7 Å². The predicted molar refractivity (Wildman–Crippen MR) is 128 cm³/mol. The van der Waals surface area contributed by atoms with Gasteiger partial charge >= 0.3 is 0 Å². The molecule has 5 nitrogen and oxygen atoms in total. The number of nitriles is 1. The standard InChI is InChI=1S/C26H29N3O2S/c1-2-32-24-23(20-27)26(21-10-5-3-6-11-21,22-12-7-4-8-13-22)25(30)29(24)15-9-14-28-16-18-31-19-17-28/h3-8,10-13H,2,9,14-19H2,1H3. The Morgan fingerprint density at radius 1 is 1.00 bits per heavy atom. The number of carbonyl (C=O) groups is 1. The number of morpholine rings is 1. The van der Waals surface area contributed by atoms with E-state index in [-0.39, 0.29) is 5.91 Å². The summed E-state index contributed by atoms with van der Waals surface area (Å²) in [6.45, 7) is 6.98. The maximum absolute atomic E-state index is 14.3. The fraction of sp³-hybridized carbons (Fsp3) is 0.385. The maximum Gasteiger partial charge on any atom is 0.247 e. The Labute approximate surface area is 194 Å². The summed E-state index contributed by atoms with van der Waals surface area (Å²) >= 11 is 1.59. The quantitative estimate of drug-likeness (QED) is 0.612. The number of amides is 1. The summed E-state index contributed by atoms with van der Waals surface area (Å²) in [4.78, 5) is 18.5. The van der Waals surface area contributed by atoms with Gasteiger partial charge in [0, 0.05) is 26.2 Å². The first kappa shape index (κ1) is 22.6. The van der Waals surface area contributed by atoms with Crippen LogP contribution in [0.4, 0.5) is 0 Å². The van der Waals surface area contributed by atoms with Crippen LogP contribution in [0.25, 0.3) is 0 Å². The van der Waals surface area contributed by atoms with E-state index in [9.17, 15) is 10.1 Å². The maximum atomic E-state index is 14.3. The lowest BCUT2D eigenvalue weighted by Gasteiger charge is -2.31. The number of thioether (sulfide) groups is 1. The Kier molecular flexibility index (Phi) is 7.31. The van der Waals surface area contributed by atoms with Gasteiger partial charge in [-0.25, -0.2) is 0 Å². The number of carbonyl (C=O) groups excluding carboxylic acids is 1. The Bertz CT molecular complexity index is 955. The third-order valence-corrected chi connectivity index (χ3v) is 7.15. The summed E-state index contributed by atoms with van der Waals surface area (Å²) in [5.74, 6) is 0.775. The molecule has 2 heterocycles. The second-order valence-electron chi connectivity index (χ2n) is 7.97. The molecule has 1 saturated heterocycles. The average molecular weight is 448 g/mol. The zero-order chi connectivity index (χ0) is 22.4. The van der Waals surface area contributed by atoms with Crippen LogP contribution in [0.15, 0.2) is 71.3 Å². The molecule has 0 radical (unpaired) electrons. The Morgan fingerprint density at radius 3 is 2.12 bits per heavy atom. The molecule has 0 saturated carbocycles. The molecule has 166 valence electrons. The number of hydrogen-bond acceptors (Lipinski definition) is 5. The number of benzene rings is 2. The first-order chi connectivity index (χ1) is 15.7. The minimum Gasteiger partial charge on any atom is -0.379 e. The lowest BCUT2D eigenvalue weighted by molar-refractivity contribution is -0.130.